The van der Waals surface area contributed by atoms with Crippen LogP contribution in [0.15, 0.2) is 76.3 Å². The lowest BCUT2D eigenvalue weighted by atomic mass is 10.1. The summed E-state index contributed by atoms with van der Waals surface area (Å²) in [6, 6.07) is 19.4. The topological polar surface area (TPSA) is 127 Å². The summed E-state index contributed by atoms with van der Waals surface area (Å²) in [4.78, 5) is 36.2. The predicted molar refractivity (Wildman–Crippen MR) is 147 cm³/mol. The third kappa shape index (κ3) is 8.93. The molecule has 0 aliphatic carbocycles. The molecule has 10 nitrogen and oxygen atoms in total. The normalized spacial score (nSPS) is 10.5. The first-order valence-corrected chi connectivity index (χ1v) is 12.3. The molecule has 0 unspecified atom stereocenters. The highest BCUT2D eigenvalue weighted by atomic mass is 79.9. The fraction of sp³-hybridized carbons (Fsp3) is 0.185. The second-order valence-corrected chi connectivity index (χ2v) is 8.73. The molecule has 3 N–H and O–H groups in total. The second-order valence-electron chi connectivity index (χ2n) is 7.81. The summed E-state index contributed by atoms with van der Waals surface area (Å²) in [6.07, 6.45) is 1.86. The molecular formula is C27H27BrN4O6. The molecule has 0 saturated carbocycles. The standard InChI is InChI=1S/C27H27BrN4O6/c1-36-23-11-6-18(15-24(23)37-2)12-13-29-26(34)27(35)32-30-16-19-4-3-5-22(14-19)38-17-25(33)31-21-9-7-20(28)8-10-21/h3-11,14-16H,12-13,17H2,1-2H3,(H,29,34)(H,31,33)(H,32,35)/b30-16-. The predicted octanol–water partition coefficient (Wildman–Crippen LogP) is 3.29. The number of hydrazone groups is 1. The Kier molecular flexibility index (Phi) is 10.7. The van der Waals surface area contributed by atoms with E-state index in [1.807, 2.05) is 24.3 Å². The van der Waals surface area contributed by atoms with E-state index in [0.717, 1.165) is 10.0 Å². The van der Waals surface area contributed by atoms with E-state index < -0.39 is 11.8 Å². The lowest BCUT2D eigenvalue weighted by molar-refractivity contribution is -0.139. The number of carbonyl (C=O) groups is 3. The third-order valence-electron chi connectivity index (χ3n) is 5.09. The van der Waals surface area contributed by atoms with Gasteiger partial charge in [-0.3, -0.25) is 14.4 Å². The largest absolute Gasteiger partial charge is 0.493 e. The van der Waals surface area contributed by atoms with Gasteiger partial charge in [-0.2, -0.15) is 5.10 Å². The summed E-state index contributed by atoms with van der Waals surface area (Å²) in [6.45, 7) is 0.0666. The summed E-state index contributed by atoms with van der Waals surface area (Å²) >= 11 is 3.34. The number of nitrogens with zero attached hydrogens (tertiary/aromatic N) is 1. The number of hydrogen-bond donors (Lipinski definition) is 3. The number of anilines is 1. The van der Waals surface area contributed by atoms with Gasteiger partial charge in [0.1, 0.15) is 5.75 Å². The Morgan fingerprint density at radius 3 is 2.42 bits per heavy atom. The lowest BCUT2D eigenvalue weighted by Crippen LogP contribution is -2.38. The van der Waals surface area contributed by atoms with Gasteiger partial charge < -0.3 is 24.8 Å². The molecule has 0 aliphatic rings. The van der Waals surface area contributed by atoms with Crippen molar-refractivity contribution < 1.29 is 28.6 Å². The minimum Gasteiger partial charge on any atom is -0.493 e. The average molecular weight is 583 g/mol. The highest BCUT2D eigenvalue weighted by molar-refractivity contribution is 9.10. The van der Waals surface area contributed by atoms with Crippen molar-refractivity contribution in [1.29, 1.82) is 0 Å². The maximum Gasteiger partial charge on any atom is 0.329 e. The van der Waals surface area contributed by atoms with Crippen molar-refractivity contribution in [1.82, 2.24) is 10.7 Å². The van der Waals surface area contributed by atoms with Crippen molar-refractivity contribution in [2.75, 3.05) is 32.7 Å². The zero-order chi connectivity index (χ0) is 27.3. The molecule has 0 atom stereocenters. The highest BCUT2D eigenvalue weighted by Crippen LogP contribution is 2.27. The number of halogens is 1. The fourth-order valence-corrected chi connectivity index (χ4v) is 3.48. The Bertz CT molecular complexity index is 1300. The van der Waals surface area contributed by atoms with Gasteiger partial charge in [-0.25, -0.2) is 5.43 Å². The second kappa shape index (κ2) is 14.4. The van der Waals surface area contributed by atoms with Gasteiger partial charge in [0.15, 0.2) is 18.1 Å². The molecule has 0 saturated heterocycles. The van der Waals surface area contributed by atoms with E-state index in [0.29, 0.717) is 34.9 Å². The first kappa shape index (κ1) is 28.2. The van der Waals surface area contributed by atoms with Gasteiger partial charge in [0.2, 0.25) is 0 Å². The minimum absolute atomic E-state index is 0.184. The number of methoxy groups -OCH3 is 2. The maximum atomic E-state index is 12.1. The molecule has 0 radical (unpaired) electrons. The van der Waals surface area contributed by atoms with Gasteiger partial charge in [0, 0.05) is 16.7 Å². The number of ether oxygens (including phenoxy) is 3. The van der Waals surface area contributed by atoms with Crippen LogP contribution in [0.3, 0.4) is 0 Å². The minimum atomic E-state index is -0.898. The summed E-state index contributed by atoms with van der Waals surface area (Å²) in [5, 5.41) is 9.10. The molecule has 3 rings (SSSR count). The van der Waals surface area contributed by atoms with Crippen LogP contribution in [0.5, 0.6) is 17.2 Å². The van der Waals surface area contributed by atoms with Crippen LogP contribution in [0.25, 0.3) is 0 Å². The Balaban J connectivity index is 1.41. The molecule has 0 fully saturated rings. The number of benzene rings is 3. The monoisotopic (exact) mass is 582 g/mol. The summed E-state index contributed by atoms with van der Waals surface area (Å²) in [5.74, 6) is -0.379. The highest BCUT2D eigenvalue weighted by Gasteiger charge is 2.12. The Morgan fingerprint density at radius 1 is 0.921 bits per heavy atom. The van der Waals surface area contributed by atoms with E-state index in [4.69, 9.17) is 14.2 Å². The van der Waals surface area contributed by atoms with E-state index >= 15 is 0 Å². The summed E-state index contributed by atoms with van der Waals surface area (Å²) in [5.41, 5.74) is 4.36. The summed E-state index contributed by atoms with van der Waals surface area (Å²) in [7, 11) is 3.10. The van der Waals surface area contributed by atoms with E-state index in [1.54, 1.807) is 56.7 Å². The molecular weight excluding hydrogens is 556 g/mol. The fourth-order valence-electron chi connectivity index (χ4n) is 3.22. The van der Waals surface area contributed by atoms with Crippen molar-refractivity contribution in [3.63, 3.8) is 0 Å². The van der Waals surface area contributed by atoms with Gasteiger partial charge in [0.25, 0.3) is 5.91 Å². The number of hydrogen-bond acceptors (Lipinski definition) is 7. The molecule has 3 amide bonds. The number of amides is 3. The smallest absolute Gasteiger partial charge is 0.329 e. The number of rotatable bonds is 11. The zero-order valence-electron chi connectivity index (χ0n) is 20.8. The molecule has 0 aliphatic heterocycles. The molecule has 0 heterocycles. The van der Waals surface area contributed by atoms with Crippen LogP contribution in [0.4, 0.5) is 5.69 Å². The van der Waals surface area contributed by atoms with Crippen LogP contribution < -0.4 is 30.3 Å². The molecule has 0 spiro atoms. The molecule has 3 aromatic rings. The SMILES string of the molecule is COc1ccc(CCNC(=O)C(=O)N/N=C\c2cccc(OCC(=O)Nc3ccc(Br)cc3)c2)cc1OC. The van der Waals surface area contributed by atoms with Crippen LogP contribution in [0, 0.1) is 0 Å². The van der Waals surface area contributed by atoms with Gasteiger partial charge >= 0.3 is 11.8 Å². The molecule has 198 valence electrons. The van der Waals surface area contributed by atoms with Crippen molar-refractivity contribution in [2.24, 2.45) is 5.10 Å². The van der Waals surface area contributed by atoms with Crippen LogP contribution in [0.2, 0.25) is 0 Å². The van der Waals surface area contributed by atoms with Crippen molar-refractivity contribution >= 4 is 45.6 Å². The van der Waals surface area contributed by atoms with Crippen LogP contribution in [-0.4, -0.2) is 51.3 Å². The van der Waals surface area contributed by atoms with Gasteiger partial charge in [0.05, 0.1) is 20.4 Å². The molecule has 0 aromatic heterocycles. The Labute approximate surface area is 228 Å². The Morgan fingerprint density at radius 2 is 1.68 bits per heavy atom. The third-order valence-corrected chi connectivity index (χ3v) is 5.62. The van der Waals surface area contributed by atoms with E-state index in [9.17, 15) is 14.4 Å². The number of nitrogens with one attached hydrogen (secondary N) is 3. The average Bonchev–Trinajstić information content (AvgIpc) is 2.93. The molecule has 0 bridgehead atoms. The van der Waals surface area contributed by atoms with Crippen LogP contribution in [-0.2, 0) is 20.8 Å². The van der Waals surface area contributed by atoms with Crippen molar-refractivity contribution in [3.05, 3.63) is 82.3 Å². The Hall–Kier alpha value is -4.38. The summed E-state index contributed by atoms with van der Waals surface area (Å²) < 4.78 is 16.9. The first-order chi connectivity index (χ1) is 18.4. The van der Waals surface area contributed by atoms with Crippen molar-refractivity contribution in [2.45, 2.75) is 6.42 Å². The van der Waals surface area contributed by atoms with Gasteiger partial charge in [-0.1, -0.05) is 34.1 Å². The first-order valence-electron chi connectivity index (χ1n) is 11.5. The van der Waals surface area contributed by atoms with Crippen LogP contribution in [0.1, 0.15) is 11.1 Å². The van der Waals surface area contributed by atoms with Crippen molar-refractivity contribution in [3.8, 4) is 17.2 Å². The number of carbonyl (C=O) groups excluding carboxylic acids is 3. The van der Waals surface area contributed by atoms with Gasteiger partial charge in [-0.15, -0.1) is 0 Å². The quantitative estimate of drug-likeness (QED) is 0.181. The van der Waals surface area contributed by atoms with Gasteiger partial charge in [-0.05, 0) is 66.1 Å². The van der Waals surface area contributed by atoms with E-state index in [2.05, 4.69) is 37.1 Å². The maximum absolute atomic E-state index is 12.1. The molecule has 38 heavy (non-hydrogen) atoms. The molecule has 11 heteroatoms. The van der Waals surface area contributed by atoms with E-state index in [-0.39, 0.29) is 19.1 Å². The lowest BCUT2D eigenvalue weighted by Gasteiger charge is -2.10. The van der Waals surface area contributed by atoms with E-state index in [1.165, 1.54) is 6.21 Å². The zero-order valence-corrected chi connectivity index (χ0v) is 22.4. The molecule has 3 aromatic carbocycles. The van der Waals surface area contributed by atoms with Crippen LogP contribution >= 0.6 is 15.9 Å².